The van der Waals surface area contributed by atoms with Crippen molar-refractivity contribution in [2.45, 2.75) is 38.8 Å². The van der Waals surface area contributed by atoms with E-state index in [9.17, 15) is 9.59 Å². The Morgan fingerprint density at radius 1 is 1.35 bits per heavy atom. The smallest absolute Gasteiger partial charge is 0.325 e. The summed E-state index contributed by atoms with van der Waals surface area (Å²) >= 11 is 0. The Labute approximate surface area is 118 Å². The summed E-state index contributed by atoms with van der Waals surface area (Å²) in [5, 5.41) is 11.4. The molecular weight excluding hydrogens is 256 g/mol. The van der Waals surface area contributed by atoms with Gasteiger partial charge in [-0.05, 0) is 38.8 Å². The van der Waals surface area contributed by atoms with Gasteiger partial charge >= 0.3 is 5.97 Å². The second-order valence-electron chi connectivity index (χ2n) is 5.62. The van der Waals surface area contributed by atoms with Crippen molar-refractivity contribution in [1.82, 2.24) is 5.32 Å². The first-order chi connectivity index (χ1) is 9.34. The summed E-state index contributed by atoms with van der Waals surface area (Å²) in [5.41, 5.74) is 1.49. The van der Waals surface area contributed by atoms with Crippen LogP contribution in [0.4, 0.5) is 5.69 Å². The van der Waals surface area contributed by atoms with Crippen molar-refractivity contribution >= 4 is 17.6 Å². The van der Waals surface area contributed by atoms with Crippen molar-refractivity contribution in [2.24, 2.45) is 0 Å². The molecule has 0 bridgehead atoms. The summed E-state index contributed by atoms with van der Waals surface area (Å²) in [6, 6.07) is 7.10. The van der Waals surface area contributed by atoms with Gasteiger partial charge in [0.1, 0.15) is 11.6 Å². The number of nitrogens with zero attached hydrogens (tertiary/aromatic N) is 1. The molecule has 0 aliphatic carbocycles. The standard InChI is InChI=1S/C15H20N2O3/c1-10(13(18)19)16-14(20)15(2,3)17-9-8-11-6-4-5-7-12(11)17/h4-7,10H,8-9H2,1-3H3,(H,16,20)(H,18,19). The molecule has 1 atom stereocenters. The minimum Gasteiger partial charge on any atom is -0.480 e. The molecule has 0 aromatic heterocycles. The first kappa shape index (κ1) is 14.4. The molecule has 1 aromatic rings. The zero-order chi connectivity index (χ0) is 14.9. The number of carboxylic acid groups (broad SMARTS) is 1. The Bertz CT molecular complexity index is 540. The number of carbonyl (C=O) groups excluding carboxylic acids is 1. The number of rotatable bonds is 4. The first-order valence-corrected chi connectivity index (χ1v) is 6.73. The fraction of sp³-hybridized carbons (Fsp3) is 0.467. The van der Waals surface area contributed by atoms with Gasteiger partial charge < -0.3 is 15.3 Å². The maximum Gasteiger partial charge on any atom is 0.325 e. The molecule has 0 radical (unpaired) electrons. The third-order valence-electron chi connectivity index (χ3n) is 3.84. The monoisotopic (exact) mass is 276 g/mol. The van der Waals surface area contributed by atoms with Crippen LogP contribution < -0.4 is 10.2 Å². The van der Waals surface area contributed by atoms with Gasteiger partial charge in [-0.15, -0.1) is 0 Å². The molecule has 1 aromatic carbocycles. The van der Waals surface area contributed by atoms with E-state index in [1.807, 2.05) is 36.9 Å². The molecular formula is C15H20N2O3. The first-order valence-electron chi connectivity index (χ1n) is 6.73. The number of anilines is 1. The van der Waals surface area contributed by atoms with Crippen LogP contribution in [-0.2, 0) is 16.0 Å². The highest BCUT2D eigenvalue weighted by atomic mass is 16.4. The second kappa shape index (κ2) is 5.15. The normalized spacial score (nSPS) is 15.7. The molecule has 108 valence electrons. The average Bonchev–Trinajstić information content (AvgIpc) is 2.82. The molecule has 1 unspecified atom stereocenters. The molecule has 0 fully saturated rings. The van der Waals surface area contributed by atoms with Gasteiger partial charge in [-0.2, -0.15) is 0 Å². The lowest BCUT2D eigenvalue weighted by Gasteiger charge is -2.36. The molecule has 2 rings (SSSR count). The number of aliphatic carboxylic acids is 1. The van der Waals surface area contributed by atoms with E-state index in [1.54, 1.807) is 0 Å². The van der Waals surface area contributed by atoms with Gasteiger partial charge in [-0.1, -0.05) is 18.2 Å². The molecule has 0 saturated carbocycles. The lowest BCUT2D eigenvalue weighted by atomic mass is 10.0. The van der Waals surface area contributed by atoms with Gasteiger partial charge in [0.05, 0.1) is 0 Å². The number of fused-ring (bicyclic) bond motifs is 1. The summed E-state index contributed by atoms with van der Waals surface area (Å²) in [6.07, 6.45) is 0.904. The number of carboxylic acids is 1. The predicted molar refractivity (Wildman–Crippen MR) is 76.8 cm³/mol. The second-order valence-corrected chi connectivity index (χ2v) is 5.62. The Morgan fingerprint density at radius 3 is 2.65 bits per heavy atom. The van der Waals surface area contributed by atoms with E-state index in [0.29, 0.717) is 0 Å². The van der Waals surface area contributed by atoms with Gasteiger partial charge in [0.25, 0.3) is 0 Å². The minimum absolute atomic E-state index is 0.274. The number of benzene rings is 1. The Morgan fingerprint density at radius 2 is 2.00 bits per heavy atom. The number of carbonyl (C=O) groups is 2. The largest absolute Gasteiger partial charge is 0.480 e. The average molecular weight is 276 g/mol. The Balaban J connectivity index is 2.19. The molecule has 5 heteroatoms. The lowest BCUT2D eigenvalue weighted by molar-refractivity contribution is -0.142. The van der Waals surface area contributed by atoms with Crippen molar-refractivity contribution in [3.05, 3.63) is 29.8 Å². The number of hydrogen-bond acceptors (Lipinski definition) is 3. The maximum atomic E-state index is 12.4. The van der Waals surface area contributed by atoms with E-state index in [-0.39, 0.29) is 5.91 Å². The highest BCUT2D eigenvalue weighted by Crippen LogP contribution is 2.33. The van der Waals surface area contributed by atoms with E-state index in [0.717, 1.165) is 18.7 Å². The summed E-state index contributed by atoms with van der Waals surface area (Å²) in [6.45, 7) is 5.87. The lowest BCUT2D eigenvalue weighted by Crippen LogP contribution is -2.57. The van der Waals surface area contributed by atoms with Crippen LogP contribution >= 0.6 is 0 Å². The van der Waals surface area contributed by atoms with Gasteiger partial charge in [0.15, 0.2) is 0 Å². The number of hydrogen-bond donors (Lipinski definition) is 2. The zero-order valence-electron chi connectivity index (χ0n) is 12.0. The van der Waals surface area contributed by atoms with E-state index < -0.39 is 17.6 Å². The number of amides is 1. The van der Waals surface area contributed by atoms with Gasteiger partial charge in [-0.25, -0.2) is 0 Å². The topological polar surface area (TPSA) is 69.6 Å². The third kappa shape index (κ3) is 2.48. The van der Waals surface area contributed by atoms with Crippen LogP contribution in [0.2, 0.25) is 0 Å². The quantitative estimate of drug-likeness (QED) is 0.872. The van der Waals surface area contributed by atoms with Crippen LogP contribution in [0.15, 0.2) is 24.3 Å². The maximum absolute atomic E-state index is 12.4. The van der Waals surface area contributed by atoms with Gasteiger partial charge in [-0.3, -0.25) is 9.59 Å². The van der Waals surface area contributed by atoms with E-state index >= 15 is 0 Å². The molecule has 5 nitrogen and oxygen atoms in total. The van der Waals surface area contributed by atoms with Crippen LogP contribution in [0.5, 0.6) is 0 Å². The van der Waals surface area contributed by atoms with Crippen molar-refractivity contribution in [3.63, 3.8) is 0 Å². The Kier molecular flexibility index (Phi) is 3.70. The molecule has 0 spiro atoms. The van der Waals surface area contributed by atoms with Crippen molar-refractivity contribution in [1.29, 1.82) is 0 Å². The molecule has 2 N–H and O–H groups in total. The van der Waals surface area contributed by atoms with Crippen LogP contribution in [0.1, 0.15) is 26.3 Å². The molecule has 1 amide bonds. The third-order valence-corrected chi connectivity index (χ3v) is 3.84. The highest BCUT2D eigenvalue weighted by Gasteiger charge is 2.38. The van der Waals surface area contributed by atoms with Crippen LogP contribution in [0, 0.1) is 0 Å². The fourth-order valence-corrected chi connectivity index (χ4v) is 2.48. The minimum atomic E-state index is -1.03. The van der Waals surface area contributed by atoms with Crippen molar-refractivity contribution in [3.8, 4) is 0 Å². The van der Waals surface area contributed by atoms with Crippen LogP contribution in [-0.4, -0.2) is 35.1 Å². The van der Waals surface area contributed by atoms with Gasteiger partial charge in [0.2, 0.25) is 5.91 Å². The summed E-state index contributed by atoms with van der Waals surface area (Å²) in [5.74, 6) is -1.31. The van der Waals surface area contributed by atoms with Crippen molar-refractivity contribution < 1.29 is 14.7 Å². The predicted octanol–water partition coefficient (Wildman–Crippen LogP) is 1.42. The number of para-hydroxylation sites is 1. The van der Waals surface area contributed by atoms with Gasteiger partial charge in [0, 0.05) is 12.2 Å². The fourth-order valence-electron chi connectivity index (χ4n) is 2.48. The van der Waals surface area contributed by atoms with Crippen LogP contribution in [0.3, 0.4) is 0 Å². The summed E-state index contributed by atoms with van der Waals surface area (Å²) in [4.78, 5) is 25.2. The Hall–Kier alpha value is -2.04. The molecule has 1 aliphatic rings. The summed E-state index contributed by atoms with van der Waals surface area (Å²) in [7, 11) is 0. The number of nitrogens with one attached hydrogen (secondary N) is 1. The molecule has 1 aliphatic heterocycles. The zero-order valence-corrected chi connectivity index (χ0v) is 12.0. The van der Waals surface area contributed by atoms with E-state index in [2.05, 4.69) is 11.4 Å². The highest BCUT2D eigenvalue weighted by molar-refractivity contribution is 5.92. The van der Waals surface area contributed by atoms with Crippen molar-refractivity contribution in [2.75, 3.05) is 11.4 Å². The molecule has 20 heavy (non-hydrogen) atoms. The summed E-state index contributed by atoms with van der Waals surface area (Å²) < 4.78 is 0. The van der Waals surface area contributed by atoms with E-state index in [4.69, 9.17) is 5.11 Å². The SMILES string of the molecule is CC(NC(=O)C(C)(C)N1CCc2ccccc21)C(=O)O. The molecule has 1 heterocycles. The molecule has 0 saturated heterocycles. The van der Waals surface area contributed by atoms with Crippen LogP contribution in [0.25, 0.3) is 0 Å². The van der Waals surface area contributed by atoms with E-state index in [1.165, 1.54) is 12.5 Å².